The summed E-state index contributed by atoms with van der Waals surface area (Å²) in [5.74, 6) is 1.87. The molecule has 0 unspecified atom stereocenters. The molecule has 0 atom stereocenters. The van der Waals surface area contributed by atoms with Gasteiger partial charge in [0.15, 0.2) is 17.5 Å². The van der Waals surface area contributed by atoms with Crippen molar-refractivity contribution in [3.05, 3.63) is 200 Å². The summed E-state index contributed by atoms with van der Waals surface area (Å²) in [6.45, 7) is 0. The molecule has 0 saturated heterocycles. The average Bonchev–Trinajstić information content (AvgIpc) is 3.70. The molecule has 0 aliphatic carbocycles. The van der Waals surface area contributed by atoms with Crippen molar-refractivity contribution in [1.82, 2.24) is 15.0 Å². The molecule has 12 rings (SSSR count). The number of nitrogens with zero attached hydrogens (tertiary/aromatic N) is 3. The summed E-state index contributed by atoms with van der Waals surface area (Å²) in [6.07, 6.45) is 0. The Hall–Kier alpha value is -7.95. The standard InChI is InChI=1S/C55H33N3O/c1-3-14-40-34(11-1)13-7-17-41(40)36-27-30-38(31-28-36)53-56-54(39-32-29-37-26-25-35-12-2-4-15-42(35)49(37)33-39)58-55(57-53)47-22-9-18-43-44(19-8-20-45(43)47)46-21-10-24-51-52(46)48-16-5-6-23-50(48)59-51/h1-33H. The van der Waals surface area contributed by atoms with Gasteiger partial charge in [-0.25, -0.2) is 15.0 Å². The highest BCUT2D eigenvalue weighted by Gasteiger charge is 2.19. The lowest BCUT2D eigenvalue weighted by molar-refractivity contribution is 0.669. The maximum atomic E-state index is 6.30. The highest BCUT2D eigenvalue weighted by atomic mass is 16.3. The minimum absolute atomic E-state index is 0.621. The second kappa shape index (κ2) is 13.3. The number of furan rings is 1. The number of hydrogen-bond acceptors (Lipinski definition) is 4. The molecule has 0 N–H and O–H groups in total. The fourth-order valence-corrected chi connectivity index (χ4v) is 8.91. The number of para-hydroxylation sites is 1. The predicted octanol–water partition coefficient (Wildman–Crippen LogP) is 14.7. The molecule has 0 bridgehead atoms. The lowest BCUT2D eigenvalue weighted by atomic mass is 9.93. The average molecular weight is 752 g/mol. The monoisotopic (exact) mass is 751 g/mol. The Bertz CT molecular complexity index is 3620. The Labute approximate surface area is 339 Å². The molecule has 4 nitrogen and oxygen atoms in total. The van der Waals surface area contributed by atoms with Crippen LogP contribution < -0.4 is 0 Å². The van der Waals surface area contributed by atoms with Crippen molar-refractivity contribution in [2.45, 2.75) is 0 Å². The molecular weight excluding hydrogens is 719 g/mol. The van der Waals surface area contributed by atoms with Crippen LogP contribution in [0.5, 0.6) is 0 Å². The lowest BCUT2D eigenvalue weighted by Crippen LogP contribution is -2.01. The molecule has 12 aromatic rings. The van der Waals surface area contributed by atoms with Gasteiger partial charge >= 0.3 is 0 Å². The van der Waals surface area contributed by atoms with Crippen molar-refractivity contribution in [2.24, 2.45) is 0 Å². The summed E-state index contributed by atoms with van der Waals surface area (Å²) in [5.41, 5.74) is 9.14. The van der Waals surface area contributed by atoms with Crippen LogP contribution in [0, 0.1) is 0 Å². The molecule has 0 amide bonds. The van der Waals surface area contributed by atoms with Crippen LogP contribution in [0.25, 0.3) is 121 Å². The van der Waals surface area contributed by atoms with Gasteiger partial charge in [-0.3, -0.25) is 0 Å². The summed E-state index contributed by atoms with van der Waals surface area (Å²) < 4.78 is 6.30. The van der Waals surface area contributed by atoms with E-state index in [1.165, 1.54) is 37.9 Å². The van der Waals surface area contributed by atoms with E-state index in [9.17, 15) is 0 Å². The first-order valence-corrected chi connectivity index (χ1v) is 19.9. The molecule has 0 saturated carbocycles. The molecule has 0 radical (unpaired) electrons. The maximum absolute atomic E-state index is 6.30. The topological polar surface area (TPSA) is 51.8 Å². The Morgan fingerprint density at radius 1 is 0.271 bits per heavy atom. The van der Waals surface area contributed by atoms with Crippen molar-refractivity contribution < 1.29 is 4.42 Å². The Morgan fingerprint density at radius 3 is 1.59 bits per heavy atom. The number of rotatable bonds is 5. The van der Waals surface area contributed by atoms with Gasteiger partial charge in [0, 0.05) is 27.5 Å². The molecule has 274 valence electrons. The zero-order valence-electron chi connectivity index (χ0n) is 31.8. The van der Waals surface area contributed by atoms with Gasteiger partial charge in [-0.15, -0.1) is 0 Å². The Morgan fingerprint density at radius 2 is 0.763 bits per heavy atom. The molecule has 2 aromatic heterocycles. The van der Waals surface area contributed by atoms with E-state index in [-0.39, 0.29) is 0 Å². The van der Waals surface area contributed by atoms with Crippen molar-refractivity contribution in [3.63, 3.8) is 0 Å². The van der Waals surface area contributed by atoms with Gasteiger partial charge in [0.05, 0.1) is 0 Å². The van der Waals surface area contributed by atoms with Gasteiger partial charge in [0.25, 0.3) is 0 Å². The Balaban J connectivity index is 1.05. The molecular formula is C55H33N3O. The first kappa shape index (κ1) is 33.2. The van der Waals surface area contributed by atoms with Gasteiger partial charge in [-0.1, -0.05) is 182 Å². The minimum Gasteiger partial charge on any atom is -0.456 e. The van der Waals surface area contributed by atoms with E-state index < -0.39 is 0 Å². The van der Waals surface area contributed by atoms with Crippen LogP contribution in [0.1, 0.15) is 0 Å². The predicted molar refractivity (Wildman–Crippen MR) is 244 cm³/mol. The Kier molecular flexibility index (Phi) is 7.50. The van der Waals surface area contributed by atoms with E-state index in [2.05, 4.69) is 182 Å². The van der Waals surface area contributed by atoms with Crippen molar-refractivity contribution >= 4 is 65.0 Å². The van der Waals surface area contributed by atoms with Gasteiger partial charge in [-0.05, 0) is 83.5 Å². The van der Waals surface area contributed by atoms with Crippen LogP contribution in [0.2, 0.25) is 0 Å². The van der Waals surface area contributed by atoms with E-state index in [1.807, 2.05) is 18.2 Å². The van der Waals surface area contributed by atoms with E-state index in [4.69, 9.17) is 19.4 Å². The largest absolute Gasteiger partial charge is 0.456 e. The number of hydrogen-bond donors (Lipinski definition) is 0. The summed E-state index contributed by atoms with van der Waals surface area (Å²) in [5, 5.41) is 11.6. The van der Waals surface area contributed by atoms with E-state index in [1.54, 1.807) is 0 Å². The zero-order valence-corrected chi connectivity index (χ0v) is 31.8. The fourth-order valence-electron chi connectivity index (χ4n) is 8.91. The quantitative estimate of drug-likeness (QED) is 0.164. The van der Waals surface area contributed by atoms with E-state index in [0.29, 0.717) is 17.5 Å². The summed E-state index contributed by atoms with van der Waals surface area (Å²) in [4.78, 5) is 15.8. The number of fused-ring (bicyclic) bond motifs is 8. The van der Waals surface area contributed by atoms with Gasteiger partial charge in [0.1, 0.15) is 11.2 Å². The van der Waals surface area contributed by atoms with Crippen LogP contribution in [0.4, 0.5) is 0 Å². The van der Waals surface area contributed by atoms with Gasteiger partial charge < -0.3 is 4.42 Å². The van der Waals surface area contributed by atoms with Crippen LogP contribution in [-0.4, -0.2) is 15.0 Å². The molecule has 2 heterocycles. The highest BCUT2D eigenvalue weighted by molar-refractivity contribution is 6.16. The zero-order chi connectivity index (χ0) is 38.9. The number of aromatic nitrogens is 3. The summed E-state index contributed by atoms with van der Waals surface area (Å²) in [6, 6.07) is 70.5. The second-order valence-corrected chi connectivity index (χ2v) is 15.1. The maximum Gasteiger partial charge on any atom is 0.164 e. The highest BCUT2D eigenvalue weighted by Crippen LogP contribution is 2.41. The van der Waals surface area contributed by atoms with E-state index in [0.717, 1.165) is 66.1 Å². The third kappa shape index (κ3) is 5.49. The first-order chi connectivity index (χ1) is 29.2. The molecule has 0 spiro atoms. The van der Waals surface area contributed by atoms with Crippen molar-refractivity contribution in [3.8, 4) is 56.4 Å². The smallest absolute Gasteiger partial charge is 0.164 e. The normalized spacial score (nSPS) is 11.7. The molecule has 59 heavy (non-hydrogen) atoms. The van der Waals surface area contributed by atoms with E-state index >= 15 is 0 Å². The third-order valence-electron chi connectivity index (χ3n) is 11.7. The summed E-state index contributed by atoms with van der Waals surface area (Å²) in [7, 11) is 0. The SMILES string of the molecule is c1ccc2c(-c3ccc(-c4nc(-c5ccc6ccc7ccccc7c6c5)nc(-c5cccc6c(-c7cccc8oc9ccccc9c78)cccc56)n4)cc3)cccc2c1. The van der Waals surface area contributed by atoms with Gasteiger partial charge in [0.2, 0.25) is 0 Å². The van der Waals surface area contributed by atoms with Crippen LogP contribution in [-0.2, 0) is 0 Å². The first-order valence-electron chi connectivity index (χ1n) is 19.9. The van der Waals surface area contributed by atoms with Crippen LogP contribution in [0.3, 0.4) is 0 Å². The van der Waals surface area contributed by atoms with Crippen molar-refractivity contribution in [2.75, 3.05) is 0 Å². The van der Waals surface area contributed by atoms with Crippen LogP contribution in [0.15, 0.2) is 205 Å². The second-order valence-electron chi connectivity index (χ2n) is 15.1. The minimum atomic E-state index is 0.621. The molecule has 0 fully saturated rings. The molecule has 0 aliphatic heterocycles. The lowest BCUT2D eigenvalue weighted by Gasteiger charge is -2.14. The fraction of sp³-hybridized carbons (Fsp3) is 0. The number of benzene rings is 10. The molecule has 4 heteroatoms. The molecule has 0 aliphatic rings. The van der Waals surface area contributed by atoms with Crippen molar-refractivity contribution in [1.29, 1.82) is 0 Å². The van der Waals surface area contributed by atoms with Gasteiger partial charge in [-0.2, -0.15) is 0 Å². The van der Waals surface area contributed by atoms with Crippen LogP contribution >= 0.6 is 0 Å². The molecule has 10 aromatic carbocycles. The third-order valence-corrected chi connectivity index (χ3v) is 11.7. The summed E-state index contributed by atoms with van der Waals surface area (Å²) >= 11 is 0.